The van der Waals surface area contributed by atoms with E-state index in [0.717, 1.165) is 12.5 Å². The van der Waals surface area contributed by atoms with E-state index in [1.165, 1.54) is 57.8 Å². The first kappa shape index (κ1) is 14.0. The summed E-state index contributed by atoms with van der Waals surface area (Å²) in [5.74, 6) is 0.948. The molecule has 14 heavy (non-hydrogen) atoms. The van der Waals surface area contributed by atoms with Gasteiger partial charge in [-0.25, -0.2) is 0 Å². The Kier molecular flexibility index (Phi) is 11.0. The summed E-state index contributed by atoms with van der Waals surface area (Å²) in [6.45, 7) is 5.54. The van der Waals surface area contributed by atoms with Gasteiger partial charge in [-0.05, 0) is 18.9 Å². The highest BCUT2D eigenvalue weighted by molar-refractivity contribution is 4.53. The van der Waals surface area contributed by atoms with E-state index in [9.17, 15) is 0 Å². The summed E-state index contributed by atoms with van der Waals surface area (Å²) in [7, 11) is 0. The molecule has 0 spiro atoms. The van der Waals surface area contributed by atoms with Crippen LogP contribution < -0.4 is 5.73 Å². The quantitative estimate of drug-likeness (QED) is 0.526. The maximum atomic E-state index is 5.44. The van der Waals surface area contributed by atoms with Crippen molar-refractivity contribution in [1.82, 2.24) is 0 Å². The Hall–Kier alpha value is -0.0400. The van der Waals surface area contributed by atoms with Gasteiger partial charge in [0.1, 0.15) is 0 Å². The number of unbranched alkanes of at least 4 members (excludes halogenated alkanes) is 5. The molecule has 86 valence electrons. The molecule has 0 aliphatic heterocycles. The number of hydrogen-bond acceptors (Lipinski definition) is 1. The molecule has 0 radical (unpaired) electrons. The molecule has 0 bridgehead atoms. The zero-order valence-electron chi connectivity index (χ0n) is 10.2. The Morgan fingerprint density at radius 3 is 2.00 bits per heavy atom. The molecule has 0 rings (SSSR count). The second-order valence-corrected chi connectivity index (χ2v) is 4.59. The molecule has 0 heterocycles. The van der Waals surface area contributed by atoms with E-state index >= 15 is 0 Å². The zero-order chi connectivity index (χ0) is 10.6. The summed E-state index contributed by atoms with van der Waals surface area (Å²) in [6.07, 6.45) is 12.4. The lowest BCUT2D eigenvalue weighted by atomic mass is 9.98. The molecule has 1 unspecified atom stereocenters. The Morgan fingerprint density at radius 1 is 0.857 bits per heavy atom. The van der Waals surface area contributed by atoms with Crippen LogP contribution in [0.1, 0.15) is 71.6 Å². The molecule has 0 aliphatic carbocycles. The van der Waals surface area contributed by atoms with Gasteiger partial charge in [-0.15, -0.1) is 0 Å². The van der Waals surface area contributed by atoms with Gasteiger partial charge in [0.15, 0.2) is 0 Å². The van der Waals surface area contributed by atoms with Crippen LogP contribution in [0.25, 0.3) is 0 Å². The van der Waals surface area contributed by atoms with Crippen molar-refractivity contribution in [3.8, 4) is 0 Å². The van der Waals surface area contributed by atoms with Crippen LogP contribution in [-0.2, 0) is 0 Å². The molecule has 0 aromatic heterocycles. The molecule has 0 amide bonds. The van der Waals surface area contributed by atoms with Crippen LogP contribution in [0.4, 0.5) is 0 Å². The van der Waals surface area contributed by atoms with Gasteiger partial charge >= 0.3 is 0 Å². The molecule has 0 aliphatic rings. The minimum Gasteiger partial charge on any atom is -0.330 e. The number of hydrogen-bond donors (Lipinski definition) is 1. The first-order valence-corrected chi connectivity index (χ1v) is 6.51. The summed E-state index contributed by atoms with van der Waals surface area (Å²) < 4.78 is 0. The summed E-state index contributed by atoms with van der Waals surface area (Å²) >= 11 is 0. The number of rotatable bonds is 10. The average Bonchev–Trinajstić information content (AvgIpc) is 2.17. The van der Waals surface area contributed by atoms with Gasteiger partial charge in [-0.2, -0.15) is 0 Å². The van der Waals surface area contributed by atoms with Gasteiger partial charge < -0.3 is 5.73 Å². The largest absolute Gasteiger partial charge is 0.330 e. The Labute approximate surface area is 90.5 Å². The Balaban J connectivity index is 2.98. The van der Waals surface area contributed by atoms with Crippen LogP contribution in [0.3, 0.4) is 0 Å². The molecule has 0 aromatic rings. The normalized spacial score (nSPS) is 13.1. The van der Waals surface area contributed by atoms with Gasteiger partial charge in [-0.3, -0.25) is 0 Å². The lowest BCUT2D eigenvalue weighted by Crippen LogP contribution is -1.97. The molecule has 0 saturated carbocycles. The molecule has 0 aromatic carbocycles. The van der Waals surface area contributed by atoms with Crippen molar-refractivity contribution < 1.29 is 0 Å². The maximum absolute atomic E-state index is 5.44. The molecule has 1 nitrogen and oxygen atoms in total. The highest BCUT2D eigenvalue weighted by Crippen LogP contribution is 2.15. The van der Waals surface area contributed by atoms with Crippen LogP contribution >= 0.6 is 0 Å². The average molecular weight is 199 g/mol. The van der Waals surface area contributed by atoms with Crippen LogP contribution in [0.5, 0.6) is 0 Å². The van der Waals surface area contributed by atoms with Gasteiger partial charge in [0, 0.05) is 0 Å². The number of nitrogens with two attached hydrogens (primary N) is 1. The molecule has 0 fully saturated rings. The Bertz CT molecular complexity index is 101. The first-order chi connectivity index (χ1) is 6.81. The predicted octanol–water partition coefficient (Wildman–Crippen LogP) is 4.11. The van der Waals surface area contributed by atoms with Crippen molar-refractivity contribution in [1.29, 1.82) is 0 Å². The van der Waals surface area contributed by atoms with Crippen molar-refractivity contribution >= 4 is 0 Å². The van der Waals surface area contributed by atoms with E-state index in [1.54, 1.807) is 0 Å². The van der Waals surface area contributed by atoms with Gasteiger partial charge in [0.2, 0.25) is 0 Å². The molecule has 2 N–H and O–H groups in total. The lowest BCUT2D eigenvalue weighted by Gasteiger charge is -2.08. The van der Waals surface area contributed by atoms with E-state index in [4.69, 9.17) is 5.73 Å². The molecule has 1 heteroatoms. The third-order valence-corrected chi connectivity index (χ3v) is 2.93. The van der Waals surface area contributed by atoms with E-state index < -0.39 is 0 Å². The van der Waals surface area contributed by atoms with Crippen molar-refractivity contribution in [2.24, 2.45) is 11.7 Å². The highest BCUT2D eigenvalue weighted by Gasteiger charge is 1.99. The second kappa shape index (κ2) is 11.0. The first-order valence-electron chi connectivity index (χ1n) is 6.51. The van der Waals surface area contributed by atoms with Crippen LogP contribution in [0, 0.1) is 5.92 Å². The SMILES string of the molecule is CCCC(C)CCCCCCCCN. The lowest BCUT2D eigenvalue weighted by molar-refractivity contribution is 0.451. The smallest absolute Gasteiger partial charge is 0.00773 e. The van der Waals surface area contributed by atoms with Crippen LogP contribution in [-0.4, -0.2) is 6.54 Å². The third kappa shape index (κ3) is 10.0. The highest BCUT2D eigenvalue weighted by atomic mass is 14.5. The minimum absolute atomic E-state index is 0.869. The summed E-state index contributed by atoms with van der Waals surface area (Å²) in [5.41, 5.74) is 5.44. The van der Waals surface area contributed by atoms with Gasteiger partial charge in [0.05, 0.1) is 0 Å². The van der Waals surface area contributed by atoms with Crippen LogP contribution in [0.2, 0.25) is 0 Å². The van der Waals surface area contributed by atoms with Crippen molar-refractivity contribution in [3.63, 3.8) is 0 Å². The third-order valence-electron chi connectivity index (χ3n) is 2.93. The summed E-state index contributed by atoms with van der Waals surface area (Å²) in [5, 5.41) is 0. The van der Waals surface area contributed by atoms with E-state index in [-0.39, 0.29) is 0 Å². The fourth-order valence-electron chi connectivity index (χ4n) is 1.98. The Morgan fingerprint density at radius 2 is 1.43 bits per heavy atom. The molecule has 1 atom stereocenters. The van der Waals surface area contributed by atoms with Crippen molar-refractivity contribution in [2.75, 3.05) is 6.54 Å². The van der Waals surface area contributed by atoms with Crippen molar-refractivity contribution in [2.45, 2.75) is 71.6 Å². The monoisotopic (exact) mass is 199 g/mol. The topological polar surface area (TPSA) is 26.0 Å². The van der Waals surface area contributed by atoms with Crippen molar-refractivity contribution in [3.05, 3.63) is 0 Å². The predicted molar refractivity (Wildman–Crippen MR) is 65.4 cm³/mol. The fourth-order valence-corrected chi connectivity index (χ4v) is 1.98. The maximum Gasteiger partial charge on any atom is -0.00773 e. The molecular weight excluding hydrogens is 170 g/mol. The minimum atomic E-state index is 0.869. The van der Waals surface area contributed by atoms with Gasteiger partial charge in [0.25, 0.3) is 0 Å². The summed E-state index contributed by atoms with van der Waals surface area (Å²) in [6, 6.07) is 0. The van der Waals surface area contributed by atoms with Gasteiger partial charge in [-0.1, -0.05) is 65.2 Å². The zero-order valence-corrected chi connectivity index (χ0v) is 10.2. The fraction of sp³-hybridized carbons (Fsp3) is 1.00. The van der Waals surface area contributed by atoms with E-state index in [2.05, 4.69) is 13.8 Å². The second-order valence-electron chi connectivity index (χ2n) is 4.59. The van der Waals surface area contributed by atoms with E-state index in [1.807, 2.05) is 0 Å². The molecule has 0 saturated heterocycles. The van der Waals surface area contributed by atoms with E-state index in [0.29, 0.717) is 0 Å². The standard InChI is InChI=1S/C13H29N/c1-3-10-13(2)11-8-6-4-5-7-9-12-14/h13H,3-12,14H2,1-2H3. The van der Waals surface area contributed by atoms with Crippen LogP contribution in [0.15, 0.2) is 0 Å². The summed E-state index contributed by atoms with van der Waals surface area (Å²) in [4.78, 5) is 0. The molecular formula is C13H29N.